The molecule has 0 aromatic heterocycles. The van der Waals surface area contributed by atoms with Crippen LogP contribution in [0.5, 0.6) is 0 Å². The van der Waals surface area contributed by atoms with Gasteiger partial charge in [-0.3, -0.25) is 19.2 Å². The second-order valence-electron chi connectivity index (χ2n) is 7.04. The van der Waals surface area contributed by atoms with E-state index in [0.717, 1.165) is 0 Å². The molecule has 14 heteroatoms. The smallest absolute Gasteiger partial charge is 0.335 e. The van der Waals surface area contributed by atoms with Crippen molar-refractivity contribution in [1.29, 1.82) is 0 Å². The molecule has 0 aromatic rings. The Bertz CT molecular complexity index is 662. The lowest BCUT2D eigenvalue weighted by atomic mass is 10.4. The van der Waals surface area contributed by atoms with Gasteiger partial charge in [-0.05, 0) is 0 Å². The van der Waals surface area contributed by atoms with Crippen molar-refractivity contribution in [1.82, 2.24) is 10.1 Å². The van der Waals surface area contributed by atoms with Crippen LogP contribution < -0.4 is 0 Å². The van der Waals surface area contributed by atoms with Gasteiger partial charge >= 0.3 is 11.9 Å². The van der Waals surface area contributed by atoms with Crippen molar-refractivity contribution in [2.75, 3.05) is 52.9 Å². The normalized spacial score (nSPS) is 16.0. The lowest BCUT2D eigenvalue weighted by Crippen LogP contribution is -2.32. The molecular formula is C20H28N2O12. The molecule has 2 saturated heterocycles. The number of hydrogen-bond donors (Lipinski definition) is 0. The van der Waals surface area contributed by atoms with E-state index in [1.807, 2.05) is 0 Å². The number of rotatable bonds is 17. The summed E-state index contributed by atoms with van der Waals surface area (Å²) < 4.78 is 21.0. The van der Waals surface area contributed by atoms with Gasteiger partial charge in [0.1, 0.15) is 0 Å². The molecule has 190 valence electrons. The van der Waals surface area contributed by atoms with Crippen molar-refractivity contribution in [2.45, 2.75) is 38.5 Å². The quantitative estimate of drug-likeness (QED) is 0.182. The Hall–Kier alpha value is -2.94. The summed E-state index contributed by atoms with van der Waals surface area (Å²) in [6, 6.07) is 0. The minimum Gasteiger partial charge on any atom is -0.378 e. The summed E-state index contributed by atoms with van der Waals surface area (Å²) in [4.78, 5) is 77.8. The van der Waals surface area contributed by atoms with Gasteiger partial charge in [-0.15, -0.1) is 10.1 Å². The van der Waals surface area contributed by atoms with Crippen molar-refractivity contribution >= 4 is 35.6 Å². The third kappa shape index (κ3) is 9.91. The molecule has 2 heterocycles. The topological polar surface area (TPSA) is 164 Å². The van der Waals surface area contributed by atoms with E-state index in [-0.39, 0.29) is 78.2 Å². The highest BCUT2D eigenvalue weighted by atomic mass is 16.7. The van der Waals surface area contributed by atoms with Gasteiger partial charge in [-0.25, -0.2) is 9.59 Å². The van der Waals surface area contributed by atoms with Crippen molar-refractivity contribution in [3.05, 3.63) is 0 Å². The van der Waals surface area contributed by atoms with Gasteiger partial charge in [0, 0.05) is 25.7 Å². The van der Waals surface area contributed by atoms with Crippen LogP contribution in [0, 0.1) is 0 Å². The van der Waals surface area contributed by atoms with Crippen LogP contribution in [0.25, 0.3) is 0 Å². The minimum absolute atomic E-state index is 0.0419. The fourth-order valence-corrected chi connectivity index (χ4v) is 2.68. The SMILES string of the molecule is O=C(CCOCCOCCOCCOCCC(=O)ON1C(=O)CCC1=O)ON1C(=O)CCC1=O. The maximum atomic E-state index is 11.6. The van der Waals surface area contributed by atoms with Gasteiger partial charge in [0.2, 0.25) is 0 Å². The van der Waals surface area contributed by atoms with Crippen LogP contribution in [0.1, 0.15) is 38.5 Å². The molecule has 0 bridgehead atoms. The predicted octanol–water partition coefficient (Wildman–Crippen LogP) is -0.953. The number of imide groups is 2. The third-order valence-corrected chi connectivity index (χ3v) is 4.41. The van der Waals surface area contributed by atoms with Crippen molar-refractivity contribution in [3.63, 3.8) is 0 Å². The standard InChI is InChI=1S/C20H28N2O12/c23-15-1-2-16(24)21(15)33-19(27)5-7-29-9-11-31-13-14-32-12-10-30-8-6-20(28)34-22-17(25)3-4-18(22)26/h1-14H2. The minimum atomic E-state index is -0.728. The molecule has 0 unspecified atom stereocenters. The number of ether oxygens (including phenoxy) is 4. The second-order valence-corrected chi connectivity index (χ2v) is 7.04. The van der Waals surface area contributed by atoms with Crippen LogP contribution in [0.15, 0.2) is 0 Å². The molecule has 14 nitrogen and oxygen atoms in total. The number of hydrogen-bond acceptors (Lipinski definition) is 12. The van der Waals surface area contributed by atoms with Gasteiger partial charge in [-0.2, -0.15) is 0 Å². The summed E-state index contributed by atoms with van der Waals surface area (Å²) in [5.74, 6) is -3.58. The van der Waals surface area contributed by atoms with Crippen molar-refractivity contribution in [2.24, 2.45) is 0 Å². The van der Waals surface area contributed by atoms with Gasteiger partial charge in [0.25, 0.3) is 23.6 Å². The fraction of sp³-hybridized carbons (Fsp3) is 0.700. The summed E-state index contributed by atoms with van der Waals surface area (Å²) in [7, 11) is 0. The number of hydroxylamine groups is 4. The summed E-state index contributed by atoms with van der Waals surface area (Å²) in [6.07, 6.45) is -0.0421. The molecule has 0 atom stereocenters. The summed E-state index contributed by atoms with van der Waals surface area (Å²) >= 11 is 0. The highest BCUT2D eigenvalue weighted by Crippen LogP contribution is 2.13. The highest BCUT2D eigenvalue weighted by molar-refractivity contribution is 6.02. The van der Waals surface area contributed by atoms with Crippen LogP contribution in [0.3, 0.4) is 0 Å². The Balaban J connectivity index is 1.31. The van der Waals surface area contributed by atoms with E-state index in [2.05, 4.69) is 0 Å². The van der Waals surface area contributed by atoms with E-state index >= 15 is 0 Å². The molecule has 0 aliphatic carbocycles. The first-order chi connectivity index (χ1) is 16.4. The highest BCUT2D eigenvalue weighted by Gasteiger charge is 2.33. The van der Waals surface area contributed by atoms with Crippen molar-refractivity contribution < 1.29 is 57.4 Å². The Kier molecular flexibility index (Phi) is 12.1. The van der Waals surface area contributed by atoms with Crippen LogP contribution in [-0.2, 0) is 57.4 Å². The molecule has 0 aromatic carbocycles. The first kappa shape index (κ1) is 27.3. The molecular weight excluding hydrogens is 460 g/mol. The average Bonchev–Trinajstić information content (AvgIpc) is 3.29. The second kappa shape index (κ2) is 15.1. The van der Waals surface area contributed by atoms with E-state index in [0.29, 0.717) is 23.3 Å². The monoisotopic (exact) mass is 488 g/mol. The van der Waals surface area contributed by atoms with Crippen molar-refractivity contribution in [3.8, 4) is 0 Å². The Morgan fingerprint density at radius 3 is 1.06 bits per heavy atom. The van der Waals surface area contributed by atoms with Crippen LogP contribution in [0.4, 0.5) is 0 Å². The average molecular weight is 488 g/mol. The lowest BCUT2D eigenvalue weighted by molar-refractivity contribution is -0.198. The largest absolute Gasteiger partial charge is 0.378 e. The van der Waals surface area contributed by atoms with Gasteiger partial charge < -0.3 is 28.6 Å². The molecule has 2 fully saturated rings. The molecule has 2 aliphatic heterocycles. The first-order valence-electron chi connectivity index (χ1n) is 10.8. The predicted molar refractivity (Wildman–Crippen MR) is 107 cm³/mol. The lowest BCUT2D eigenvalue weighted by Gasteiger charge is -2.12. The molecule has 2 aliphatic rings. The van der Waals surface area contributed by atoms with E-state index in [1.54, 1.807) is 0 Å². The summed E-state index contributed by atoms with van der Waals surface area (Å²) in [5, 5.41) is 0.985. The zero-order chi connectivity index (χ0) is 24.8. The Morgan fingerprint density at radius 1 is 0.500 bits per heavy atom. The maximum Gasteiger partial charge on any atom is 0.335 e. The van der Waals surface area contributed by atoms with E-state index in [1.165, 1.54) is 0 Å². The number of carbonyl (C=O) groups is 6. The molecule has 4 amide bonds. The van der Waals surface area contributed by atoms with Gasteiger partial charge in [0.15, 0.2) is 0 Å². The molecule has 0 saturated carbocycles. The van der Waals surface area contributed by atoms with Crippen LogP contribution >= 0.6 is 0 Å². The van der Waals surface area contributed by atoms with Crippen LogP contribution in [0.2, 0.25) is 0 Å². The zero-order valence-corrected chi connectivity index (χ0v) is 18.7. The molecule has 0 radical (unpaired) electrons. The number of amides is 4. The molecule has 0 spiro atoms. The van der Waals surface area contributed by atoms with E-state index in [4.69, 9.17) is 28.6 Å². The van der Waals surface area contributed by atoms with Crippen LogP contribution in [-0.4, -0.2) is 98.5 Å². The zero-order valence-electron chi connectivity index (χ0n) is 18.7. The molecule has 0 N–H and O–H groups in total. The Labute approximate surface area is 195 Å². The maximum absolute atomic E-state index is 11.6. The fourth-order valence-electron chi connectivity index (χ4n) is 2.68. The molecule has 34 heavy (non-hydrogen) atoms. The Morgan fingerprint density at radius 2 is 0.765 bits per heavy atom. The van der Waals surface area contributed by atoms with Gasteiger partial charge in [0.05, 0.1) is 65.7 Å². The number of nitrogens with zero attached hydrogens (tertiary/aromatic N) is 2. The van der Waals surface area contributed by atoms with E-state index < -0.39 is 35.6 Å². The summed E-state index contributed by atoms with van der Waals surface area (Å²) in [6.45, 7) is 1.79. The molecule has 2 rings (SSSR count). The number of carbonyl (C=O) groups excluding carboxylic acids is 6. The van der Waals surface area contributed by atoms with Gasteiger partial charge in [-0.1, -0.05) is 0 Å². The van der Waals surface area contributed by atoms with E-state index in [9.17, 15) is 28.8 Å². The first-order valence-corrected chi connectivity index (χ1v) is 10.8. The third-order valence-electron chi connectivity index (χ3n) is 4.41. The summed E-state index contributed by atoms with van der Waals surface area (Å²) in [5.41, 5.74) is 0.